The van der Waals surface area contributed by atoms with Gasteiger partial charge in [-0.3, -0.25) is 0 Å². The van der Waals surface area contributed by atoms with Crippen molar-refractivity contribution in [2.24, 2.45) is 0 Å². The Labute approximate surface area is 78.1 Å². The number of alkyl halides is 4. The smallest absolute Gasteiger partial charge is 0.324 e. The number of halogens is 4. The molecule has 0 atom stereocenters. The van der Waals surface area contributed by atoms with Crippen LogP contribution in [0.3, 0.4) is 0 Å². The van der Waals surface area contributed by atoms with E-state index in [2.05, 4.69) is 5.32 Å². The second-order valence-electron chi connectivity index (χ2n) is 3.07. The van der Waals surface area contributed by atoms with Gasteiger partial charge in [0.1, 0.15) is 0 Å². The van der Waals surface area contributed by atoms with E-state index in [0.717, 1.165) is 0 Å². The molecule has 1 saturated heterocycles. The van der Waals surface area contributed by atoms with Gasteiger partial charge in [0, 0.05) is 13.1 Å². The molecule has 0 unspecified atom stereocenters. The van der Waals surface area contributed by atoms with Crippen LogP contribution in [0.4, 0.5) is 22.4 Å². The highest BCUT2D eigenvalue weighted by Crippen LogP contribution is 2.24. The van der Waals surface area contributed by atoms with Crippen molar-refractivity contribution in [2.45, 2.75) is 18.8 Å². The molecule has 2 amide bonds. The Morgan fingerprint density at radius 3 is 2.64 bits per heavy atom. The highest BCUT2D eigenvalue weighted by Gasteiger charge is 2.43. The molecule has 0 aromatic rings. The fraction of sp³-hybridized carbons (Fsp3) is 0.857. The second kappa shape index (κ2) is 4.02. The van der Waals surface area contributed by atoms with Gasteiger partial charge in [0.05, 0.1) is 6.54 Å². The normalized spacial score (nSPS) is 18.6. The number of rotatable bonds is 3. The van der Waals surface area contributed by atoms with Gasteiger partial charge in [-0.05, 0) is 6.42 Å². The number of carbonyl (C=O) groups excluding carboxylic acids is 1. The van der Waals surface area contributed by atoms with E-state index in [9.17, 15) is 22.4 Å². The molecule has 14 heavy (non-hydrogen) atoms. The Kier molecular flexibility index (Phi) is 3.17. The summed E-state index contributed by atoms with van der Waals surface area (Å²) in [5.74, 6) is -4.13. The first-order chi connectivity index (χ1) is 6.43. The van der Waals surface area contributed by atoms with Crippen molar-refractivity contribution in [3.8, 4) is 0 Å². The molecular formula is C7H10F4N2O. The molecule has 0 aromatic carbocycles. The fourth-order valence-electron chi connectivity index (χ4n) is 1.15. The van der Waals surface area contributed by atoms with E-state index in [1.165, 1.54) is 0 Å². The summed E-state index contributed by atoms with van der Waals surface area (Å²) >= 11 is 0. The minimum absolute atomic E-state index is 0.0914. The van der Waals surface area contributed by atoms with Gasteiger partial charge < -0.3 is 10.2 Å². The lowest BCUT2D eigenvalue weighted by molar-refractivity contribution is -0.137. The molecule has 0 aliphatic carbocycles. The maximum Gasteiger partial charge on any atom is 0.324 e. The molecule has 0 radical (unpaired) electrons. The maximum absolute atomic E-state index is 12.5. The van der Waals surface area contributed by atoms with E-state index in [-0.39, 0.29) is 6.54 Å². The molecule has 0 aromatic heterocycles. The fourth-order valence-corrected chi connectivity index (χ4v) is 1.15. The van der Waals surface area contributed by atoms with Crippen LogP contribution >= 0.6 is 0 Å². The zero-order valence-electron chi connectivity index (χ0n) is 7.27. The number of hydrogen-bond donors (Lipinski definition) is 1. The first-order valence-electron chi connectivity index (χ1n) is 4.12. The van der Waals surface area contributed by atoms with E-state index in [0.29, 0.717) is 17.9 Å². The third-order valence-corrected chi connectivity index (χ3v) is 1.89. The summed E-state index contributed by atoms with van der Waals surface area (Å²) in [6, 6.07) is -0.712. The topological polar surface area (TPSA) is 32.3 Å². The predicted octanol–water partition coefficient (Wildman–Crippen LogP) is 1.30. The van der Waals surface area contributed by atoms with Crippen LogP contribution in [0.2, 0.25) is 0 Å². The molecule has 1 N–H and O–H groups in total. The quantitative estimate of drug-likeness (QED) is 0.705. The summed E-state index contributed by atoms with van der Waals surface area (Å²) in [6.45, 7) is -0.736. The van der Waals surface area contributed by atoms with Crippen molar-refractivity contribution < 1.29 is 22.4 Å². The van der Waals surface area contributed by atoms with Gasteiger partial charge in [0.15, 0.2) is 0 Å². The van der Waals surface area contributed by atoms with Crippen LogP contribution in [0, 0.1) is 0 Å². The van der Waals surface area contributed by atoms with Crippen LogP contribution in [0.15, 0.2) is 0 Å². The molecule has 3 nitrogen and oxygen atoms in total. The lowest BCUT2D eigenvalue weighted by Gasteiger charge is -2.30. The molecule has 1 rings (SSSR count). The average Bonchev–Trinajstić information content (AvgIpc) is 2.08. The minimum Gasteiger partial charge on any atom is -0.338 e. The summed E-state index contributed by atoms with van der Waals surface area (Å²) in [7, 11) is 0. The Balaban J connectivity index is 2.53. The van der Waals surface area contributed by atoms with E-state index >= 15 is 0 Å². The van der Waals surface area contributed by atoms with Crippen LogP contribution in [-0.2, 0) is 0 Å². The molecule has 0 spiro atoms. The number of urea groups is 1. The third-order valence-electron chi connectivity index (χ3n) is 1.89. The summed E-state index contributed by atoms with van der Waals surface area (Å²) in [4.78, 5) is 11.6. The third kappa shape index (κ3) is 2.49. The zero-order chi connectivity index (χ0) is 10.8. The van der Waals surface area contributed by atoms with Crippen molar-refractivity contribution in [1.82, 2.24) is 10.2 Å². The van der Waals surface area contributed by atoms with Crippen molar-refractivity contribution >= 4 is 6.03 Å². The van der Waals surface area contributed by atoms with E-state index in [1.54, 1.807) is 0 Å². The second-order valence-corrected chi connectivity index (χ2v) is 3.07. The maximum atomic E-state index is 12.5. The number of nitrogens with zero attached hydrogens (tertiary/aromatic N) is 1. The van der Waals surface area contributed by atoms with Crippen molar-refractivity contribution in [1.29, 1.82) is 0 Å². The standard InChI is InChI=1S/C7H10F4N2O/c8-5(9)7(10,11)4-13-3-1-2-12-6(13)14/h5H,1-4H2,(H,12,14). The van der Waals surface area contributed by atoms with Crippen molar-refractivity contribution in [3.05, 3.63) is 0 Å². The number of nitrogens with one attached hydrogen (secondary N) is 1. The predicted molar refractivity (Wildman–Crippen MR) is 40.5 cm³/mol. The SMILES string of the molecule is O=C1NCCCN1CC(F)(F)C(F)F. The highest BCUT2D eigenvalue weighted by atomic mass is 19.3. The molecule has 1 heterocycles. The lowest BCUT2D eigenvalue weighted by Crippen LogP contribution is -2.52. The molecule has 7 heteroatoms. The average molecular weight is 214 g/mol. The number of carbonyl (C=O) groups is 1. The van der Waals surface area contributed by atoms with Crippen LogP contribution in [0.25, 0.3) is 0 Å². The Morgan fingerprint density at radius 1 is 1.50 bits per heavy atom. The molecule has 1 aliphatic rings. The van der Waals surface area contributed by atoms with E-state index in [4.69, 9.17) is 0 Å². The van der Waals surface area contributed by atoms with Gasteiger partial charge in [0.2, 0.25) is 0 Å². The zero-order valence-corrected chi connectivity index (χ0v) is 7.27. The summed E-state index contributed by atoms with van der Waals surface area (Å²) in [5, 5.41) is 2.30. The van der Waals surface area contributed by atoms with Crippen LogP contribution < -0.4 is 5.32 Å². The largest absolute Gasteiger partial charge is 0.338 e. The van der Waals surface area contributed by atoms with Gasteiger partial charge in [-0.2, -0.15) is 8.78 Å². The summed E-state index contributed by atoms with van der Waals surface area (Å²) < 4.78 is 48.6. The lowest BCUT2D eigenvalue weighted by atomic mass is 10.2. The van der Waals surface area contributed by atoms with Crippen molar-refractivity contribution in [2.75, 3.05) is 19.6 Å². The molecule has 0 saturated carbocycles. The number of hydrogen-bond acceptors (Lipinski definition) is 1. The molecular weight excluding hydrogens is 204 g/mol. The van der Waals surface area contributed by atoms with Gasteiger partial charge >= 0.3 is 18.4 Å². The molecule has 1 aliphatic heterocycles. The van der Waals surface area contributed by atoms with Crippen molar-refractivity contribution in [3.63, 3.8) is 0 Å². The minimum atomic E-state index is -4.13. The Bertz CT molecular complexity index is 222. The molecule has 0 bridgehead atoms. The molecule has 82 valence electrons. The monoisotopic (exact) mass is 214 g/mol. The molecule has 1 fully saturated rings. The van der Waals surface area contributed by atoms with Gasteiger partial charge in [0.25, 0.3) is 0 Å². The highest BCUT2D eigenvalue weighted by molar-refractivity contribution is 5.74. The van der Waals surface area contributed by atoms with Crippen LogP contribution in [0.1, 0.15) is 6.42 Å². The first kappa shape index (κ1) is 11.1. The van der Waals surface area contributed by atoms with Crippen LogP contribution in [-0.4, -0.2) is 42.9 Å². The van der Waals surface area contributed by atoms with E-state index in [1.807, 2.05) is 0 Å². The van der Waals surface area contributed by atoms with E-state index < -0.39 is 24.9 Å². The Morgan fingerprint density at radius 2 is 2.14 bits per heavy atom. The Hall–Kier alpha value is -1.01. The van der Waals surface area contributed by atoms with Gasteiger partial charge in [-0.1, -0.05) is 0 Å². The summed E-state index contributed by atoms with van der Waals surface area (Å²) in [5.41, 5.74) is 0. The first-order valence-corrected chi connectivity index (χ1v) is 4.12. The van der Waals surface area contributed by atoms with Crippen LogP contribution in [0.5, 0.6) is 0 Å². The summed E-state index contributed by atoms with van der Waals surface area (Å²) in [6.07, 6.45) is -3.25. The van der Waals surface area contributed by atoms with Gasteiger partial charge in [-0.25, -0.2) is 13.6 Å². The van der Waals surface area contributed by atoms with Gasteiger partial charge in [-0.15, -0.1) is 0 Å². The number of amides is 2.